The van der Waals surface area contributed by atoms with Gasteiger partial charge in [-0.1, -0.05) is 12.1 Å². The van der Waals surface area contributed by atoms with Crippen molar-refractivity contribution in [2.45, 2.75) is 13.5 Å². The minimum Gasteiger partial charge on any atom is -0.334 e. The van der Waals surface area contributed by atoms with Crippen molar-refractivity contribution in [3.8, 4) is 0 Å². The van der Waals surface area contributed by atoms with Crippen LogP contribution in [0.5, 0.6) is 0 Å². The molecule has 1 amide bonds. The van der Waals surface area contributed by atoms with Gasteiger partial charge >= 0.3 is 0 Å². The lowest BCUT2D eigenvalue weighted by molar-refractivity contribution is -0.126. The van der Waals surface area contributed by atoms with Gasteiger partial charge in [-0.15, -0.1) is 22.7 Å². The van der Waals surface area contributed by atoms with Crippen molar-refractivity contribution in [2.24, 2.45) is 0 Å². The number of hydrogen-bond donors (Lipinski definition) is 0. The van der Waals surface area contributed by atoms with Crippen LogP contribution in [0.2, 0.25) is 0 Å². The van der Waals surface area contributed by atoms with Gasteiger partial charge in [0.2, 0.25) is 5.91 Å². The van der Waals surface area contributed by atoms with E-state index in [-0.39, 0.29) is 5.91 Å². The van der Waals surface area contributed by atoms with E-state index in [2.05, 4.69) is 6.07 Å². The van der Waals surface area contributed by atoms with Gasteiger partial charge in [-0.3, -0.25) is 4.79 Å². The van der Waals surface area contributed by atoms with E-state index in [1.807, 2.05) is 46.9 Å². The molecule has 0 radical (unpaired) electrons. The molecule has 0 unspecified atom stereocenters. The average molecular weight is 277 g/mol. The molecule has 2 rings (SSSR count). The molecule has 0 saturated heterocycles. The maximum atomic E-state index is 12.0. The fraction of sp³-hybridized carbons (Fsp3) is 0.214. The minimum absolute atomic E-state index is 0.0688. The molecular weight excluding hydrogens is 262 g/mol. The molecule has 0 atom stereocenters. The van der Waals surface area contributed by atoms with E-state index < -0.39 is 0 Å². The van der Waals surface area contributed by atoms with Gasteiger partial charge in [-0.05, 0) is 35.9 Å². The second kappa shape index (κ2) is 6.52. The molecule has 0 aliphatic carbocycles. The van der Waals surface area contributed by atoms with Crippen LogP contribution in [0.25, 0.3) is 6.08 Å². The Morgan fingerprint density at radius 3 is 2.67 bits per heavy atom. The summed E-state index contributed by atoms with van der Waals surface area (Å²) in [6.45, 7) is 3.43. The number of carbonyl (C=O) groups is 1. The van der Waals surface area contributed by atoms with Crippen LogP contribution < -0.4 is 0 Å². The van der Waals surface area contributed by atoms with Crippen molar-refractivity contribution >= 4 is 34.7 Å². The lowest BCUT2D eigenvalue weighted by Crippen LogP contribution is -2.28. The van der Waals surface area contributed by atoms with Crippen LogP contribution in [-0.4, -0.2) is 17.4 Å². The second-order valence-electron chi connectivity index (χ2n) is 3.78. The largest absolute Gasteiger partial charge is 0.334 e. The summed E-state index contributed by atoms with van der Waals surface area (Å²) in [5.74, 6) is 0.0688. The van der Waals surface area contributed by atoms with E-state index >= 15 is 0 Å². The normalized spacial score (nSPS) is 10.9. The third kappa shape index (κ3) is 3.55. The van der Waals surface area contributed by atoms with Crippen molar-refractivity contribution in [1.29, 1.82) is 0 Å². The minimum atomic E-state index is 0.0688. The van der Waals surface area contributed by atoms with Gasteiger partial charge in [0.15, 0.2) is 0 Å². The van der Waals surface area contributed by atoms with Gasteiger partial charge in [0, 0.05) is 22.4 Å². The molecular formula is C14H15NOS2. The fourth-order valence-corrected chi connectivity index (χ4v) is 2.92. The van der Waals surface area contributed by atoms with Gasteiger partial charge < -0.3 is 4.90 Å². The standard InChI is InChI=1S/C14H15NOS2/c1-2-15(11-13-6-4-10-18-13)14(16)8-7-12-5-3-9-17-12/h3-10H,2,11H2,1H3. The molecule has 0 aliphatic rings. The number of rotatable bonds is 5. The first-order valence-electron chi connectivity index (χ1n) is 5.82. The van der Waals surface area contributed by atoms with Crippen molar-refractivity contribution in [1.82, 2.24) is 4.90 Å². The van der Waals surface area contributed by atoms with Crippen LogP contribution in [0, 0.1) is 0 Å². The molecule has 2 aromatic rings. The van der Waals surface area contributed by atoms with Crippen LogP contribution in [0.4, 0.5) is 0 Å². The molecule has 0 bridgehead atoms. The molecule has 2 aromatic heterocycles. The first kappa shape index (κ1) is 13.1. The maximum absolute atomic E-state index is 12.0. The monoisotopic (exact) mass is 277 g/mol. The quantitative estimate of drug-likeness (QED) is 0.760. The highest BCUT2D eigenvalue weighted by atomic mass is 32.1. The Balaban J connectivity index is 1.97. The smallest absolute Gasteiger partial charge is 0.246 e. The van der Waals surface area contributed by atoms with Crippen LogP contribution in [-0.2, 0) is 11.3 Å². The van der Waals surface area contributed by atoms with Gasteiger partial charge in [-0.25, -0.2) is 0 Å². The molecule has 2 nitrogen and oxygen atoms in total. The van der Waals surface area contributed by atoms with Crippen molar-refractivity contribution in [3.63, 3.8) is 0 Å². The van der Waals surface area contributed by atoms with E-state index in [1.54, 1.807) is 28.7 Å². The van der Waals surface area contributed by atoms with Gasteiger partial charge in [-0.2, -0.15) is 0 Å². The van der Waals surface area contributed by atoms with Crippen molar-refractivity contribution in [3.05, 3.63) is 50.9 Å². The SMILES string of the molecule is CCN(Cc1cccs1)C(=O)C=Cc1cccs1. The summed E-state index contributed by atoms with van der Waals surface area (Å²) in [7, 11) is 0. The van der Waals surface area contributed by atoms with Gasteiger partial charge in [0.05, 0.1) is 6.54 Å². The highest BCUT2D eigenvalue weighted by molar-refractivity contribution is 7.10. The van der Waals surface area contributed by atoms with E-state index in [4.69, 9.17) is 0 Å². The number of nitrogens with zero attached hydrogens (tertiary/aromatic N) is 1. The summed E-state index contributed by atoms with van der Waals surface area (Å²) in [6, 6.07) is 8.06. The Morgan fingerprint density at radius 2 is 2.06 bits per heavy atom. The molecule has 0 fully saturated rings. The Kier molecular flexibility index (Phi) is 4.73. The number of amides is 1. The predicted molar refractivity (Wildman–Crippen MR) is 78.8 cm³/mol. The van der Waals surface area contributed by atoms with Crippen molar-refractivity contribution < 1.29 is 4.79 Å². The lowest BCUT2D eigenvalue weighted by atomic mass is 10.3. The lowest BCUT2D eigenvalue weighted by Gasteiger charge is -2.17. The maximum Gasteiger partial charge on any atom is 0.246 e. The van der Waals surface area contributed by atoms with E-state index in [1.165, 1.54) is 4.88 Å². The molecule has 94 valence electrons. The second-order valence-corrected chi connectivity index (χ2v) is 5.79. The number of likely N-dealkylation sites (N-methyl/N-ethyl adjacent to an activating group) is 1. The Bertz CT molecular complexity index is 500. The summed E-state index contributed by atoms with van der Waals surface area (Å²) in [6.07, 6.45) is 3.53. The molecule has 0 spiro atoms. The third-order valence-corrected chi connectivity index (χ3v) is 4.25. The number of carbonyl (C=O) groups excluding carboxylic acids is 1. The topological polar surface area (TPSA) is 20.3 Å². The summed E-state index contributed by atoms with van der Waals surface area (Å²) in [5, 5.41) is 4.04. The average Bonchev–Trinajstić information content (AvgIpc) is 3.06. The van der Waals surface area contributed by atoms with Crippen LogP contribution in [0.3, 0.4) is 0 Å². The number of thiophene rings is 2. The molecule has 0 N–H and O–H groups in total. The van der Waals surface area contributed by atoms with E-state index in [9.17, 15) is 4.79 Å². The Labute approximate surface area is 115 Å². The summed E-state index contributed by atoms with van der Waals surface area (Å²) in [4.78, 5) is 16.2. The van der Waals surface area contributed by atoms with E-state index in [0.717, 1.165) is 11.4 Å². The van der Waals surface area contributed by atoms with Crippen LogP contribution >= 0.6 is 22.7 Å². The summed E-state index contributed by atoms with van der Waals surface area (Å²) >= 11 is 3.32. The van der Waals surface area contributed by atoms with Gasteiger partial charge in [0.25, 0.3) is 0 Å². The zero-order chi connectivity index (χ0) is 12.8. The predicted octanol–water partition coefficient (Wildman–Crippen LogP) is 3.87. The van der Waals surface area contributed by atoms with E-state index in [0.29, 0.717) is 6.54 Å². The third-order valence-electron chi connectivity index (χ3n) is 2.55. The van der Waals surface area contributed by atoms with Crippen LogP contribution in [0.15, 0.2) is 41.1 Å². The number of hydrogen-bond acceptors (Lipinski definition) is 3. The molecule has 0 saturated carbocycles. The molecule has 4 heteroatoms. The Morgan fingerprint density at radius 1 is 1.28 bits per heavy atom. The van der Waals surface area contributed by atoms with Crippen molar-refractivity contribution in [2.75, 3.05) is 6.54 Å². The first-order chi connectivity index (χ1) is 8.79. The Hall–Kier alpha value is -1.39. The molecule has 18 heavy (non-hydrogen) atoms. The molecule has 2 heterocycles. The zero-order valence-electron chi connectivity index (χ0n) is 10.2. The fourth-order valence-electron chi connectivity index (χ4n) is 1.58. The highest BCUT2D eigenvalue weighted by Crippen LogP contribution is 2.13. The highest BCUT2D eigenvalue weighted by Gasteiger charge is 2.09. The zero-order valence-corrected chi connectivity index (χ0v) is 11.8. The van der Waals surface area contributed by atoms with Gasteiger partial charge in [0.1, 0.15) is 0 Å². The molecule has 0 aromatic carbocycles. The first-order valence-corrected chi connectivity index (χ1v) is 7.58. The summed E-state index contributed by atoms with van der Waals surface area (Å²) < 4.78 is 0. The van der Waals surface area contributed by atoms with Crippen LogP contribution in [0.1, 0.15) is 16.7 Å². The molecule has 0 aliphatic heterocycles. The summed E-state index contributed by atoms with van der Waals surface area (Å²) in [5.41, 5.74) is 0.